The van der Waals surface area contributed by atoms with E-state index < -0.39 is 11.9 Å². The van der Waals surface area contributed by atoms with Gasteiger partial charge in [-0.3, -0.25) is 9.59 Å². The average Bonchev–Trinajstić information content (AvgIpc) is 2.91. The molecule has 9 nitrogen and oxygen atoms in total. The maximum atomic E-state index is 13.2. The largest absolute Gasteiger partial charge is 0.539 e. The summed E-state index contributed by atoms with van der Waals surface area (Å²) in [5.41, 5.74) is 3.85. The highest BCUT2D eigenvalue weighted by molar-refractivity contribution is 6.26. The number of nitrogens with one attached hydrogen (secondary N) is 2. The minimum absolute atomic E-state index is 0.100. The molecule has 3 N–H and O–H groups in total. The van der Waals surface area contributed by atoms with E-state index in [1.165, 1.54) is 11.6 Å². The second kappa shape index (κ2) is 12.8. The zero-order valence-electron chi connectivity index (χ0n) is 21.2. The summed E-state index contributed by atoms with van der Waals surface area (Å²) in [6.45, 7) is 4.77. The minimum Gasteiger partial charge on any atom is -0.539 e. The summed E-state index contributed by atoms with van der Waals surface area (Å²) in [6, 6.07) is 18.4. The van der Waals surface area contributed by atoms with E-state index >= 15 is 0 Å². The molecule has 1 unspecified atom stereocenters. The van der Waals surface area contributed by atoms with Gasteiger partial charge in [0, 0.05) is 44.0 Å². The minimum atomic E-state index is -2.07. The number of aromatic nitrogens is 1. The number of carboxylic acid groups (broad SMARTS) is 2. The number of carboxylic acids is 2. The molecule has 0 spiro atoms. The fourth-order valence-electron chi connectivity index (χ4n) is 4.69. The Labute approximate surface area is 215 Å². The van der Waals surface area contributed by atoms with Gasteiger partial charge in [-0.05, 0) is 41.1 Å². The molecule has 1 aliphatic heterocycles. The number of aryl methyl sites for hydroxylation is 1. The molecule has 1 aliphatic rings. The lowest BCUT2D eigenvalue weighted by atomic mass is 9.99. The van der Waals surface area contributed by atoms with Crippen LogP contribution >= 0.6 is 0 Å². The number of likely N-dealkylation sites (tertiary alicyclic amines) is 1. The Kier molecular flexibility index (Phi) is 9.57. The molecular weight excluding hydrogens is 474 g/mol. The molecule has 0 radical (unpaired) electrons. The molecule has 196 valence electrons. The number of piperidine rings is 1. The number of hydrogen-bond donors (Lipinski definition) is 3. The standard InChI is InChI=1S/C26H31N3O2.C2H2O4/c1-3-20-17-22(18-21-9-10-24(30)27-25(20)21)26(31)29-15-12-23(13-16-29)28(2)14-11-19-7-5-4-6-8-19;3-1(4)2(5)6/h4-10,17-18,23H,3,11-16H2,1-2H3,(H,27,30);(H,3,4)(H,5,6). The SMILES string of the molecule is CCc1cc(C(=O)N2CCC([NH+](C)CCc3ccccc3)CC2)cc2ccc(=O)[nH]c12.O=C([O-])C(=O)O. The first-order valence-electron chi connectivity index (χ1n) is 12.4. The number of hydrogen-bond acceptors (Lipinski definition) is 5. The van der Waals surface area contributed by atoms with Gasteiger partial charge in [0.05, 0.1) is 25.2 Å². The van der Waals surface area contributed by atoms with Crippen molar-refractivity contribution in [2.24, 2.45) is 0 Å². The summed E-state index contributed by atoms with van der Waals surface area (Å²) in [6.07, 6.45) is 3.93. The molecular formula is C28H33N3O6. The monoisotopic (exact) mass is 507 g/mol. The summed E-state index contributed by atoms with van der Waals surface area (Å²) in [5.74, 6) is -3.91. The first-order valence-corrected chi connectivity index (χ1v) is 12.4. The molecule has 2 heterocycles. The summed E-state index contributed by atoms with van der Waals surface area (Å²) < 4.78 is 0. The summed E-state index contributed by atoms with van der Waals surface area (Å²) in [5, 5.41) is 17.2. The van der Waals surface area contributed by atoms with Crippen LogP contribution in [0.5, 0.6) is 0 Å². The number of benzene rings is 2. The molecule has 1 saturated heterocycles. The van der Waals surface area contributed by atoms with E-state index in [1.54, 1.807) is 11.0 Å². The summed E-state index contributed by atoms with van der Waals surface area (Å²) >= 11 is 0. The molecule has 0 saturated carbocycles. The van der Waals surface area contributed by atoms with Crippen molar-refractivity contribution in [3.8, 4) is 0 Å². The van der Waals surface area contributed by atoms with Crippen molar-refractivity contribution in [1.29, 1.82) is 0 Å². The molecule has 2 aromatic carbocycles. The second-order valence-electron chi connectivity index (χ2n) is 9.27. The van der Waals surface area contributed by atoms with Crippen LogP contribution in [-0.2, 0) is 22.4 Å². The van der Waals surface area contributed by atoms with Gasteiger partial charge in [0.1, 0.15) is 0 Å². The van der Waals surface area contributed by atoms with E-state index in [0.717, 1.165) is 67.3 Å². The Bertz CT molecular complexity index is 1280. The quantitative estimate of drug-likeness (QED) is 0.410. The van der Waals surface area contributed by atoms with Crippen LogP contribution in [0.4, 0.5) is 0 Å². The highest BCUT2D eigenvalue weighted by atomic mass is 16.4. The zero-order valence-corrected chi connectivity index (χ0v) is 21.2. The number of pyridine rings is 1. The normalized spacial score (nSPS) is 14.5. The van der Waals surface area contributed by atoms with Crippen LogP contribution in [-0.4, -0.2) is 65.6 Å². The van der Waals surface area contributed by atoms with Gasteiger partial charge in [-0.2, -0.15) is 0 Å². The lowest BCUT2D eigenvalue weighted by Gasteiger charge is -2.34. The van der Waals surface area contributed by atoms with Crippen LogP contribution in [0.25, 0.3) is 10.9 Å². The van der Waals surface area contributed by atoms with Crippen LogP contribution in [0, 0.1) is 0 Å². The zero-order chi connectivity index (χ0) is 26.9. The van der Waals surface area contributed by atoms with Crippen LogP contribution in [0.15, 0.2) is 59.4 Å². The number of carbonyl (C=O) groups is 3. The Hall–Kier alpha value is -3.98. The molecule has 0 bridgehead atoms. The van der Waals surface area contributed by atoms with Crippen molar-refractivity contribution >= 4 is 28.7 Å². The second-order valence-corrected chi connectivity index (χ2v) is 9.27. The first kappa shape index (κ1) is 27.6. The average molecular weight is 508 g/mol. The van der Waals surface area contributed by atoms with Crippen LogP contribution in [0.2, 0.25) is 0 Å². The van der Waals surface area contributed by atoms with E-state index in [1.807, 2.05) is 24.0 Å². The number of amides is 1. The molecule has 3 aromatic rings. The van der Waals surface area contributed by atoms with Crippen molar-refractivity contribution < 1.29 is 29.5 Å². The van der Waals surface area contributed by atoms with Gasteiger partial charge >= 0.3 is 5.97 Å². The number of fused-ring (bicyclic) bond motifs is 1. The van der Waals surface area contributed by atoms with E-state index in [9.17, 15) is 9.59 Å². The lowest BCUT2D eigenvalue weighted by molar-refractivity contribution is -0.907. The van der Waals surface area contributed by atoms with Crippen molar-refractivity contribution in [3.63, 3.8) is 0 Å². The predicted octanol–water partition coefficient (Wildman–Crippen LogP) is 0.273. The Morgan fingerprint density at radius 2 is 1.73 bits per heavy atom. The smallest absolute Gasteiger partial charge is 0.351 e. The molecule has 4 rings (SSSR count). The van der Waals surface area contributed by atoms with Gasteiger partial charge in [0.25, 0.3) is 5.91 Å². The highest BCUT2D eigenvalue weighted by Crippen LogP contribution is 2.21. The topological polar surface area (TPSA) is 135 Å². The fraction of sp³-hybridized carbons (Fsp3) is 0.357. The van der Waals surface area contributed by atoms with Crippen molar-refractivity contribution in [3.05, 3.63) is 81.6 Å². The third-order valence-corrected chi connectivity index (χ3v) is 6.85. The van der Waals surface area contributed by atoms with Gasteiger partial charge in [-0.25, -0.2) is 4.79 Å². The van der Waals surface area contributed by atoms with Gasteiger partial charge in [0.15, 0.2) is 5.97 Å². The van der Waals surface area contributed by atoms with E-state index in [-0.39, 0.29) is 11.5 Å². The molecule has 1 amide bonds. The Morgan fingerprint density at radius 1 is 1.08 bits per heavy atom. The van der Waals surface area contributed by atoms with Crippen molar-refractivity contribution in [2.45, 2.75) is 38.6 Å². The molecule has 0 aliphatic carbocycles. The number of aliphatic carboxylic acids is 2. The number of quaternary nitrogens is 1. The maximum absolute atomic E-state index is 13.2. The number of rotatable bonds is 6. The molecule has 9 heteroatoms. The maximum Gasteiger partial charge on any atom is 0.351 e. The van der Waals surface area contributed by atoms with E-state index in [4.69, 9.17) is 19.8 Å². The number of aromatic amines is 1. The van der Waals surface area contributed by atoms with Gasteiger partial charge in [-0.1, -0.05) is 37.3 Å². The molecule has 1 fully saturated rings. The number of H-pyrrole nitrogens is 1. The first-order chi connectivity index (χ1) is 17.7. The van der Waals surface area contributed by atoms with E-state index in [2.05, 4.69) is 42.4 Å². The van der Waals surface area contributed by atoms with Gasteiger partial charge < -0.3 is 29.8 Å². The van der Waals surface area contributed by atoms with Crippen molar-refractivity contribution in [2.75, 3.05) is 26.7 Å². The van der Waals surface area contributed by atoms with Crippen LogP contribution < -0.4 is 15.6 Å². The molecule has 37 heavy (non-hydrogen) atoms. The highest BCUT2D eigenvalue weighted by Gasteiger charge is 2.28. The molecule has 1 atom stereocenters. The summed E-state index contributed by atoms with van der Waals surface area (Å²) in [7, 11) is 2.28. The number of likely N-dealkylation sites (N-methyl/N-ethyl adjacent to an activating group) is 1. The fourth-order valence-corrected chi connectivity index (χ4v) is 4.69. The van der Waals surface area contributed by atoms with Crippen molar-refractivity contribution in [1.82, 2.24) is 9.88 Å². The third-order valence-electron chi connectivity index (χ3n) is 6.85. The Morgan fingerprint density at radius 3 is 2.32 bits per heavy atom. The lowest BCUT2D eigenvalue weighted by Crippen LogP contribution is -3.13. The van der Waals surface area contributed by atoms with Crippen LogP contribution in [0.3, 0.4) is 0 Å². The van der Waals surface area contributed by atoms with Crippen LogP contribution in [0.1, 0.15) is 41.3 Å². The number of nitrogens with zero attached hydrogens (tertiary/aromatic N) is 1. The summed E-state index contributed by atoms with van der Waals surface area (Å²) in [4.78, 5) is 49.4. The van der Waals surface area contributed by atoms with Gasteiger partial charge in [0.2, 0.25) is 5.56 Å². The number of carbonyl (C=O) groups excluding carboxylic acids is 2. The Balaban J connectivity index is 0.000000568. The van der Waals surface area contributed by atoms with Gasteiger partial charge in [-0.15, -0.1) is 0 Å². The van der Waals surface area contributed by atoms with E-state index in [0.29, 0.717) is 6.04 Å². The predicted molar refractivity (Wildman–Crippen MR) is 137 cm³/mol. The third kappa shape index (κ3) is 7.50. The molecule has 1 aromatic heterocycles.